The number of anilines is 2. The maximum Gasteiger partial charge on any atom is 0.0724 e. The number of nitrogens with two attached hydrogens (primary N) is 1. The monoisotopic (exact) mass is 241 g/mol. The summed E-state index contributed by atoms with van der Waals surface area (Å²) in [6, 6.07) is 8.01. The van der Waals surface area contributed by atoms with Crippen LogP contribution in [-0.2, 0) is 0 Å². The first-order valence-corrected chi connectivity index (χ1v) is 6.55. The molecule has 0 aliphatic heterocycles. The number of rotatable bonds is 3. The number of hydrogen-bond donors (Lipinski definition) is 2. The zero-order chi connectivity index (χ0) is 12.6. The van der Waals surface area contributed by atoms with Gasteiger partial charge in [0, 0.05) is 18.1 Å². The molecule has 0 bridgehead atoms. The summed E-state index contributed by atoms with van der Waals surface area (Å²) >= 11 is 0. The van der Waals surface area contributed by atoms with Crippen molar-refractivity contribution < 1.29 is 0 Å². The molecule has 1 aliphatic carbocycles. The van der Waals surface area contributed by atoms with Crippen molar-refractivity contribution in [1.82, 2.24) is 4.98 Å². The molecule has 3 nitrogen and oxygen atoms in total. The lowest BCUT2D eigenvalue weighted by Crippen LogP contribution is -2.33. The fourth-order valence-electron chi connectivity index (χ4n) is 2.60. The van der Waals surface area contributed by atoms with E-state index in [9.17, 15) is 0 Å². The summed E-state index contributed by atoms with van der Waals surface area (Å²) in [7, 11) is 0. The lowest BCUT2D eigenvalue weighted by Gasteiger charge is -2.38. The van der Waals surface area contributed by atoms with Crippen LogP contribution in [0.2, 0.25) is 0 Å². The molecular weight excluding hydrogens is 222 g/mol. The highest BCUT2D eigenvalue weighted by molar-refractivity contribution is 5.96. The molecule has 0 unspecified atom stereocenters. The van der Waals surface area contributed by atoms with E-state index in [0.29, 0.717) is 5.41 Å². The molecule has 1 fully saturated rings. The third-order valence-corrected chi connectivity index (χ3v) is 4.09. The highest BCUT2D eigenvalue weighted by atomic mass is 14.9. The second-order valence-electron chi connectivity index (χ2n) is 5.61. The first-order valence-electron chi connectivity index (χ1n) is 6.55. The van der Waals surface area contributed by atoms with Crippen LogP contribution in [0.1, 0.15) is 26.2 Å². The molecule has 1 saturated carbocycles. The molecule has 3 heteroatoms. The van der Waals surface area contributed by atoms with Gasteiger partial charge >= 0.3 is 0 Å². The fourth-order valence-corrected chi connectivity index (χ4v) is 2.60. The number of hydrogen-bond acceptors (Lipinski definition) is 3. The van der Waals surface area contributed by atoms with Gasteiger partial charge in [-0.3, -0.25) is 4.98 Å². The number of fused-ring (bicyclic) bond motifs is 1. The molecule has 0 radical (unpaired) electrons. The Bertz CT molecular complexity index is 573. The molecule has 1 aromatic heterocycles. The van der Waals surface area contributed by atoms with Crippen LogP contribution in [-0.4, -0.2) is 11.5 Å². The molecular formula is C15H19N3. The minimum Gasteiger partial charge on any atom is -0.397 e. The number of nitrogen functional groups attached to an aromatic ring is 1. The summed E-state index contributed by atoms with van der Waals surface area (Å²) in [4.78, 5) is 4.31. The molecule has 94 valence electrons. The van der Waals surface area contributed by atoms with Crippen LogP contribution in [0.3, 0.4) is 0 Å². The molecule has 0 amide bonds. The average molecular weight is 241 g/mol. The first kappa shape index (κ1) is 11.3. The molecule has 0 spiro atoms. The largest absolute Gasteiger partial charge is 0.397 e. The van der Waals surface area contributed by atoms with Gasteiger partial charge in [-0.25, -0.2) is 0 Å². The van der Waals surface area contributed by atoms with Crippen molar-refractivity contribution in [1.29, 1.82) is 0 Å². The van der Waals surface area contributed by atoms with Crippen LogP contribution in [0.15, 0.2) is 30.5 Å². The van der Waals surface area contributed by atoms with Crippen molar-refractivity contribution in [3.63, 3.8) is 0 Å². The third-order valence-electron chi connectivity index (χ3n) is 4.09. The Kier molecular flexibility index (Phi) is 2.62. The van der Waals surface area contributed by atoms with Gasteiger partial charge in [0.25, 0.3) is 0 Å². The Hall–Kier alpha value is -1.77. The van der Waals surface area contributed by atoms with Gasteiger partial charge in [-0.15, -0.1) is 0 Å². The van der Waals surface area contributed by atoms with Gasteiger partial charge in [-0.05, 0) is 42.5 Å². The van der Waals surface area contributed by atoms with Gasteiger partial charge < -0.3 is 11.1 Å². The first-order chi connectivity index (χ1) is 8.68. The van der Waals surface area contributed by atoms with E-state index in [1.807, 2.05) is 24.3 Å². The number of aromatic nitrogens is 1. The Morgan fingerprint density at radius 3 is 2.89 bits per heavy atom. The minimum atomic E-state index is 0.455. The van der Waals surface area contributed by atoms with Crippen molar-refractivity contribution in [2.24, 2.45) is 5.41 Å². The summed E-state index contributed by atoms with van der Waals surface area (Å²) in [5.74, 6) is 0. The Labute approximate surface area is 107 Å². The molecule has 1 heterocycles. The van der Waals surface area contributed by atoms with Crippen LogP contribution < -0.4 is 11.1 Å². The summed E-state index contributed by atoms with van der Waals surface area (Å²) < 4.78 is 0. The lowest BCUT2D eigenvalue weighted by atomic mass is 9.70. The van der Waals surface area contributed by atoms with E-state index in [-0.39, 0.29) is 0 Å². The second-order valence-corrected chi connectivity index (χ2v) is 5.61. The molecule has 18 heavy (non-hydrogen) atoms. The maximum atomic E-state index is 6.21. The fraction of sp³-hybridized carbons (Fsp3) is 0.400. The Balaban J connectivity index is 1.86. The van der Waals surface area contributed by atoms with Crippen LogP contribution >= 0.6 is 0 Å². The predicted octanol–water partition coefficient (Wildman–Crippen LogP) is 3.42. The normalized spacial score (nSPS) is 17.4. The minimum absolute atomic E-state index is 0.455. The predicted molar refractivity (Wildman–Crippen MR) is 76.6 cm³/mol. The molecule has 3 rings (SSSR count). The SMILES string of the molecule is CC1(CNc2ccc3ncccc3c2N)CCC1. The zero-order valence-electron chi connectivity index (χ0n) is 10.7. The second kappa shape index (κ2) is 4.16. The topological polar surface area (TPSA) is 50.9 Å². The van der Waals surface area contributed by atoms with E-state index >= 15 is 0 Å². The van der Waals surface area contributed by atoms with Crippen molar-refractivity contribution in [3.8, 4) is 0 Å². The Morgan fingerprint density at radius 2 is 2.17 bits per heavy atom. The van der Waals surface area contributed by atoms with Gasteiger partial charge in [0.1, 0.15) is 0 Å². The van der Waals surface area contributed by atoms with E-state index in [2.05, 4.69) is 17.2 Å². The van der Waals surface area contributed by atoms with Gasteiger partial charge in [-0.1, -0.05) is 13.3 Å². The number of benzene rings is 1. The summed E-state index contributed by atoms with van der Waals surface area (Å²) in [5.41, 5.74) is 9.45. The molecule has 0 atom stereocenters. The molecule has 1 aromatic carbocycles. The van der Waals surface area contributed by atoms with E-state index in [1.54, 1.807) is 6.20 Å². The molecule has 3 N–H and O–H groups in total. The van der Waals surface area contributed by atoms with E-state index in [4.69, 9.17) is 5.73 Å². The lowest BCUT2D eigenvalue weighted by molar-refractivity contribution is 0.180. The van der Waals surface area contributed by atoms with Gasteiger partial charge in [0.15, 0.2) is 0 Å². The summed E-state index contributed by atoms with van der Waals surface area (Å²) in [6.07, 6.45) is 5.78. The average Bonchev–Trinajstić information content (AvgIpc) is 2.36. The van der Waals surface area contributed by atoms with Crippen LogP contribution in [0, 0.1) is 5.41 Å². The molecule has 0 saturated heterocycles. The highest BCUT2D eigenvalue weighted by Gasteiger charge is 2.31. The summed E-state index contributed by atoms with van der Waals surface area (Å²) in [5, 5.41) is 4.52. The number of pyridine rings is 1. The van der Waals surface area contributed by atoms with E-state index in [1.165, 1.54) is 19.3 Å². The zero-order valence-corrected chi connectivity index (χ0v) is 10.7. The van der Waals surface area contributed by atoms with Crippen molar-refractivity contribution >= 4 is 22.3 Å². The van der Waals surface area contributed by atoms with Crippen LogP contribution in [0.5, 0.6) is 0 Å². The maximum absolute atomic E-state index is 6.21. The Morgan fingerprint density at radius 1 is 1.33 bits per heavy atom. The van der Waals surface area contributed by atoms with Crippen molar-refractivity contribution in [2.75, 3.05) is 17.6 Å². The molecule has 2 aromatic rings. The van der Waals surface area contributed by atoms with Crippen molar-refractivity contribution in [2.45, 2.75) is 26.2 Å². The quantitative estimate of drug-likeness (QED) is 0.809. The highest BCUT2D eigenvalue weighted by Crippen LogP contribution is 2.40. The summed E-state index contributed by atoms with van der Waals surface area (Å²) in [6.45, 7) is 3.34. The van der Waals surface area contributed by atoms with E-state index < -0.39 is 0 Å². The van der Waals surface area contributed by atoms with Gasteiger partial charge in [0.2, 0.25) is 0 Å². The van der Waals surface area contributed by atoms with Crippen LogP contribution in [0.4, 0.5) is 11.4 Å². The number of nitrogens with one attached hydrogen (secondary N) is 1. The number of nitrogens with zero attached hydrogens (tertiary/aromatic N) is 1. The van der Waals surface area contributed by atoms with E-state index in [0.717, 1.165) is 28.8 Å². The van der Waals surface area contributed by atoms with Gasteiger partial charge in [0.05, 0.1) is 16.9 Å². The third kappa shape index (κ3) is 1.90. The van der Waals surface area contributed by atoms with Crippen molar-refractivity contribution in [3.05, 3.63) is 30.5 Å². The van der Waals surface area contributed by atoms with Crippen LogP contribution in [0.25, 0.3) is 10.9 Å². The smallest absolute Gasteiger partial charge is 0.0724 e. The molecule has 1 aliphatic rings. The van der Waals surface area contributed by atoms with Gasteiger partial charge in [-0.2, -0.15) is 0 Å². The standard InChI is InChI=1S/C15H19N3/c1-15(7-3-8-15)10-18-13-6-5-12-11(14(13)16)4-2-9-17-12/h2,4-6,9,18H,3,7-8,10,16H2,1H3.